The van der Waals surface area contributed by atoms with E-state index in [-0.39, 0.29) is 24.0 Å². The third-order valence-corrected chi connectivity index (χ3v) is 5.13. The van der Waals surface area contributed by atoms with E-state index < -0.39 is 0 Å². The standard InChI is InChI=1S/C23H31N3O3.HI/c1-24-23(25-15-17-8-11-19(27-2)12-9-17)26-16-18-10-13-21(28-3)22(14-18)29-20-6-4-5-7-20;/h8-14,20H,4-7,15-16H2,1-3H3,(H2,24,25,26);1H. The topological polar surface area (TPSA) is 64.1 Å². The Hall–Kier alpha value is -2.16. The highest BCUT2D eigenvalue weighted by Gasteiger charge is 2.18. The fraction of sp³-hybridized carbons (Fsp3) is 0.435. The highest BCUT2D eigenvalue weighted by molar-refractivity contribution is 14.0. The van der Waals surface area contributed by atoms with Gasteiger partial charge in [0.1, 0.15) is 5.75 Å². The number of nitrogens with zero attached hydrogens (tertiary/aromatic N) is 1. The van der Waals surface area contributed by atoms with Crippen LogP contribution in [0.5, 0.6) is 17.2 Å². The number of aliphatic imine (C=N–C) groups is 1. The van der Waals surface area contributed by atoms with Gasteiger partial charge in [-0.3, -0.25) is 4.99 Å². The average molecular weight is 525 g/mol. The number of nitrogens with one attached hydrogen (secondary N) is 2. The van der Waals surface area contributed by atoms with Gasteiger partial charge in [-0.25, -0.2) is 0 Å². The summed E-state index contributed by atoms with van der Waals surface area (Å²) in [6.07, 6.45) is 5.02. The van der Waals surface area contributed by atoms with Gasteiger partial charge >= 0.3 is 0 Å². The Bertz CT molecular complexity index is 806. The van der Waals surface area contributed by atoms with Crippen molar-refractivity contribution >= 4 is 29.9 Å². The molecule has 0 saturated heterocycles. The van der Waals surface area contributed by atoms with Crippen LogP contribution in [-0.4, -0.2) is 33.3 Å². The van der Waals surface area contributed by atoms with Gasteiger partial charge in [0.25, 0.3) is 0 Å². The van der Waals surface area contributed by atoms with Gasteiger partial charge in [-0.2, -0.15) is 0 Å². The molecule has 0 bridgehead atoms. The maximum Gasteiger partial charge on any atom is 0.191 e. The van der Waals surface area contributed by atoms with Crippen LogP contribution in [0, 0.1) is 0 Å². The van der Waals surface area contributed by atoms with E-state index in [9.17, 15) is 0 Å². The zero-order valence-electron chi connectivity index (χ0n) is 17.9. The molecule has 7 heteroatoms. The normalized spacial score (nSPS) is 14.0. The van der Waals surface area contributed by atoms with Crippen LogP contribution in [-0.2, 0) is 13.1 Å². The SMILES string of the molecule is CN=C(NCc1ccc(OC)cc1)NCc1ccc(OC)c(OC2CCCC2)c1.I. The van der Waals surface area contributed by atoms with Gasteiger partial charge in [0.2, 0.25) is 0 Å². The minimum atomic E-state index is 0. The monoisotopic (exact) mass is 525 g/mol. The number of hydrogen-bond donors (Lipinski definition) is 2. The summed E-state index contributed by atoms with van der Waals surface area (Å²) in [5, 5.41) is 6.69. The molecule has 1 saturated carbocycles. The number of benzene rings is 2. The molecule has 3 rings (SSSR count). The molecule has 2 aromatic rings. The second kappa shape index (κ2) is 12.5. The molecule has 1 aliphatic rings. The van der Waals surface area contributed by atoms with Gasteiger partial charge in [-0.15, -0.1) is 24.0 Å². The summed E-state index contributed by atoms with van der Waals surface area (Å²) in [5.41, 5.74) is 2.27. The number of rotatable bonds is 8. The third-order valence-electron chi connectivity index (χ3n) is 5.13. The molecule has 0 amide bonds. The van der Waals surface area contributed by atoms with Crippen LogP contribution in [0.2, 0.25) is 0 Å². The number of hydrogen-bond acceptors (Lipinski definition) is 4. The largest absolute Gasteiger partial charge is 0.497 e. The Kier molecular flexibility index (Phi) is 10.1. The fourth-order valence-corrected chi connectivity index (χ4v) is 3.44. The molecule has 0 unspecified atom stereocenters. The van der Waals surface area contributed by atoms with E-state index in [1.807, 2.05) is 36.4 Å². The van der Waals surface area contributed by atoms with Crippen molar-refractivity contribution in [2.45, 2.75) is 44.9 Å². The van der Waals surface area contributed by atoms with Crippen molar-refractivity contribution < 1.29 is 14.2 Å². The minimum absolute atomic E-state index is 0. The Balaban J connectivity index is 0.00000320. The highest BCUT2D eigenvalue weighted by Crippen LogP contribution is 2.32. The number of halogens is 1. The van der Waals surface area contributed by atoms with E-state index in [0.29, 0.717) is 19.2 Å². The first-order chi connectivity index (χ1) is 14.2. The second-order valence-corrected chi connectivity index (χ2v) is 7.14. The second-order valence-electron chi connectivity index (χ2n) is 7.14. The molecule has 2 aromatic carbocycles. The lowest BCUT2D eigenvalue weighted by atomic mass is 10.2. The fourth-order valence-electron chi connectivity index (χ4n) is 3.44. The van der Waals surface area contributed by atoms with Crippen molar-refractivity contribution in [1.29, 1.82) is 0 Å². The van der Waals surface area contributed by atoms with E-state index in [1.54, 1.807) is 21.3 Å². The first-order valence-electron chi connectivity index (χ1n) is 10.1. The molecule has 30 heavy (non-hydrogen) atoms. The quantitative estimate of drug-likeness (QED) is 0.302. The Morgan fingerprint density at radius 2 is 1.53 bits per heavy atom. The van der Waals surface area contributed by atoms with Crippen molar-refractivity contribution in [3.8, 4) is 17.2 Å². The van der Waals surface area contributed by atoms with Crippen LogP contribution in [0.4, 0.5) is 0 Å². The Labute approximate surface area is 196 Å². The van der Waals surface area contributed by atoms with Crippen molar-refractivity contribution in [3.63, 3.8) is 0 Å². The third kappa shape index (κ3) is 6.97. The molecule has 2 N–H and O–H groups in total. The van der Waals surface area contributed by atoms with Gasteiger partial charge in [0.05, 0.1) is 20.3 Å². The van der Waals surface area contributed by atoms with Crippen LogP contribution in [0.25, 0.3) is 0 Å². The summed E-state index contributed by atoms with van der Waals surface area (Å²) in [4.78, 5) is 4.31. The van der Waals surface area contributed by atoms with Crippen LogP contribution in [0.15, 0.2) is 47.5 Å². The summed E-state index contributed by atoms with van der Waals surface area (Å²) >= 11 is 0. The smallest absolute Gasteiger partial charge is 0.191 e. The lowest BCUT2D eigenvalue weighted by Crippen LogP contribution is -2.36. The number of ether oxygens (including phenoxy) is 3. The molecule has 1 fully saturated rings. The zero-order chi connectivity index (χ0) is 20.5. The Morgan fingerprint density at radius 3 is 2.13 bits per heavy atom. The molecule has 0 heterocycles. The Morgan fingerprint density at radius 1 is 0.900 bits per heavy atom. The first kappa shape index (κ1) is 24.1. The summed E-state index contributed by atoms with van der Waals surface area (Å²) in [6, 6.07) is 14.1. The molecular formula is C23H32IN3O3. The predicted molar refractivity (Wildman–Crippen MR) is 131 cm³/mol. The van der Waals surface area contributed by atoms with Crippen molar-refractivity contribution in [2.24, 2.45) is 4.99 Å². The molecule has 0 spiro atoms. The highest BCUT2D eigenvalue weighted by atomic mass is 127. The van der Waals surface area contributed by atoms with Crippen molar-refractivity contribution in [2.75, 3.05) is 21.3 Å². The molecule has 164 valence electrons. The molecule has 6 nitrogen and oxygen atoms in total. The molecular weight excluding hydrogens is 493 g/mol. The lowest BCUT2D eigenvalue weighted by molar-refractivity contribution is 0.200. The van der Waals surface area contributed by atoms with Crippen molar-refractivity contribution in [1.82, 2.24) is 10.6 Å². The lowest BCUT2D eigenvalue weighted by Gasteiger charge is -2.17. The van der Waals surface area contributed by atoms with Crippen LogP contribution >= 0.6 is 24.0 Å². The number of methoxy groups -OCH3 is 2. The van der Waals surface area contributed by atoms with Gasteiger partial charge in [-0.1, -0.05) is 18.2 Å². The van der Waals surface area contributed by atoms with E-state index in [0.717, 1.165) is 47.2 Å². The molecule has 0 aliphatic heterocycles. The van der Waals surface area contributed by atoms with Gasteiger partial charge in [0, 0.05) is 20.1 Å². The van der Waals surface area contributed by atoms with Crippen LogP contribution in [0.1, 0.15) is 36.8 Å². The van der Waals surface area contributed by atoms with E-state index in [1.165, 1.54) is 12.8 Å². The van der Waals surface area contributed by atoms with E-state index in [4.69, 9.17) is 14.2 Å². The minimum Gasteiger partial charge on any atom is -0.497 e. The summed E-state index contributed by atoms with van der Waals surface area (Å²) in [7, 11) is 5.12. The first-order valence-corrected chi connectivity index (χ1v) is 10.1. The van der Waals surface area contributed by atoms with E-state index >= 15 is 0 Å². The summed E-state index contributed by atoms with van der Waals surface area (Å²) in [6.45, 7) is 1.33. The predicted octanol–water partition coefficient (Wildman–Crippen LogP) is 4.51. The number of guanidine groups is 1. The molecule has 1 aliphatic carbocycles. The summed E-state index contributed by atoms with van der Waals surface area (Å²) < 4.78 is 16.9. The zero-order valence-corrected chi connectivity index (χ0v) is 20.3. The maximum absolute atomic E-state index is 6.19. The molecule has 0 atom stereocenters. The van der Waals surface area contributed by atoms with Crippen molar-refractivity contribution in [3.05, 3.63) is 53.6 Å². The van der Waals surface area contributed by atoms with Crippen LogP contribution in [0.3, 0.4) is 0 Å². The molecule has 0 radical (unpaired) electrons. The molecule has 0 aromatic heterocycles. The maximum atomic E-state index is 6.19. The van der Waals surface area contributed by atoms with Gasteiger partial charge in [0.15, 0.2) is 17.5 Å². The van der Waals surface area contributed by atoms with E-state index in [2.05, 4.69) is 21.7 Å². The average Bonchev–Trinajstić information content (AvgIpc) is 3.27. The summed E-state index contributed by atoms with van der Waals surface area (Å²) in [5.74, 6) is 3.20. The van der Waals surface area contributed by atoms with Crippen LogP contribution < -0.4 is 24.8 Å². The van der Waals surface area contributed by atoms with Gasteiger partial charge in [-0.05, 0) is 61.1 Å². The van der Waals surface area contributed by atoms with Gasteiger partial charge < -0.3 is 24.8 Å².